The number of hydrogen-bond donors (Lipinski definition) is 0. The monoisotopic (exact) mass is 475 g/mol. The van der Waals surface area contributed by atoms with Crippen LogP contribution in [0.5, 0.6) is 0 Å². The Morgan fingerprint density at radius 1 is 0.944 bits per heavy atom. The Bertz CT molecular complexity index is 574. The van der Waals surface area contributed by atoms with Crippen LogP contribution in [-0.4, -0.2) is 0 Å². The maximum absolute atomic E-state index is 13.7. The molecule has 0 amide bonds. The molecule has 0 aliphatic rings. The zero-order valence-corrected chi connectivity index (χ0v) is 13.6. The third-order valence-electron chi connectivity index (χ3n) is 2.23. The van der Waals surface area contributed by atoms with E-state index in [4.69, 9.17) is 0 Å². The molecule has 0 saturated heterocycles. The number of aryl methyl sites for hydroxylation is 1. The summed E-state index contributed by atoms with van der Waals surface area (Å²) in [6.07, 6.45) is 0. The van der Waals surface area contributed by atoms with E-state index in [2.05, 4.69) is 0 Å². The quantitative estimate of drug-likeness (QED) is 0.348. The normalized spacial score (nSPS) is 10.9. The fraction of sp³-hybridized carbons (Fsp3) is 0.0769. The van der Waals surface area contributed by atoms with Gasteiger partial charge in [-0.2, -0.15) is 0 Å². The molecular formula is C13H8F3I2-. The van der Waals surface area contributed by atoms with Gasteiger partial charge >= 0.3 is 128 Å². The van der Waals surface area contributed by atoms with Crippen molar-refractivity contribution in [3.63, 3.8) is 0 Å². The van der Waals surface area contributed by atoms with E-state index < -0.39 is 32.8 Å². The van der Waals surface area contributed by atoms with E-state index in [1.807, 2.05) is 0 Å². The molecule has 18 heavy (non-hydrogen) atoms. The van der Waals surface area contributed by atoms with Gasteiger partial charge in [0.25, 0.3) is 0 Å². The Labute approximate surface area is 127 Å². The topological polar surface area (TPSA) is 0 Å². The third kappa shape index (κ3) is 3.17. The standard InChI is InChI=1S/C13H8F3I2/c1-7-2-3-12(9(14)4-7)18-8-5-10(15)13(17)11(16)6-8/h2-6H,1H3/q-1. The molecule has 2 rings (SSSR count). The fourth-order valence-corrected chi connectivity index (χ4v) is 3.99. The molecule has 0 atom stereocenters. The zero-order chi connectivity index (χ0) is 13.3. The summed E-state index contributed by atoms with van der Waals surface area (Å²) >= 11 is 0.705. The molecule has 2 aromatic rings. The van der Waals surface area contributed by atoms with Crippen molar-refractivity contribution in [2.75, 3.05) is 0 Å². The first-order valence-corrected chi connectivity index (χ1v) is 8.26. The van der Waals surface area contributed by atoms with Crippen LogP contribution in [0.4, 0.5) is 13.2 Å². The van der Waals surface area contributed by atoms with Crippen LogP contribution in [0.3, 0.4) is 0 Å². The van der Waals surface area contributed by atoms with Gasteiger partial charge in [0.1, 0.15) is 0 Å². The summed E-state index contributed by atoms with van der Waals surface area (Å²) in [6.45, 7) is 1.80. The average Bonchev–Trinajstić information content (AvgIpc) is 2.29. The Morgan fingerprint density at radius 3 is 2.11 bits per heavy atom. The summed E-state index contributed by atoms with van der Waals surface area (Å²) < 4.78 is 41.5. The zero-order valence-electron chi connectivity index (χ0n) is 9.28. The third-order valence-corrected chi connectivity index (χ3v) is 5.97. The second-order valence-corrected chi connectivity index (χ2v) is 7.72. The van der Waals surface area contributed by atoms with Gasteiger partial charge < -0.3 is 0 Å². The summed E-state index contributed by atoms with van der Waals surface area (Å²) in [4.78, 5) is 0. The molecule has 0 nitrogen and oxygen atoms in total. The molecular weight excluding hydrogens is 467 g/mol. The second kappa shape index (κ2) is 5.77. The van der Waals surface area contributed by atoms with Gasteiger partial charge in [0.2, 0.25) is 0 Å². The summed E-state index contributed by atoms with van der Waals surface area (Å²) in [5.41, 5.74) is 0.834. The first-order chi connectivity index (χ1) is 8.47. The van der Waals surface area contributed by atoms with Crippen molar-refractivity contribution in [2.45, 2.75) is 6.92 Å². The van der Waals surface area contributed by atoms with Crippen molar-refractivity contribution in [1.29, 1.82) is 0 Å². The molecule has 0 aliphatic heterocycles. The van der Waals surface area contributed by atoms with Crippen LogP contribution in [0, 0.1) is 35.1 Å². The van der Waals surface area contributed by atoms with Crippen LogP contribution in [-0.2, 0) is 0 Å². The fourth-order valence-electron chi connectivity index (χ4n) is 1.37. The summed E-state index contributed by atoms with van der Waals surface area (Å²) in [6, 6.07) is 7.51. The average molecular weight is 475 g/mol. The van der Waals surface area contributed by atoms with Gasteiger partial charge in [0, 0.05) is 0 Å². The minimum atomic E-state index is -0.910. The van der Waals surface area contributed by atoms with E-state index in [9.17, 15) is 13.2 Å². The predicted octanol–water partition coefficient (Wildman–Crippen LogP) is 1.15. The Morgan fingerprint density at radius 2 is 1.56 bits per heavy atom. The van der Waals surface area contributed by atoms with Gasteiger partial charge in [0.15, 0.2) is 0 Å². The van der Waals surface area contributed by atoms with Gasteiger partial charge in [-0.15, -0.1) is 0 Å². The van der Waals surface area contributed by atoms with Gasteiger partial charge in [-0.25, -0.2) is 0 Å². The van der Waals surface area contributed by atoms with Crippen molar-refractivity contribution in [2.24, 2.45) is 0 Å². The molecule has 0 unspecified atom stereocenters. The Kier molecular flexibility index (Phi) is 4.52. The molecule has 0 heterocycles. The van der Waals surface area contributed by atoms with Gasteiger partial charge in [-0.3, -0.25) is 0 Å². The van der Waals surface area contributed by atoms with E-state index in [0.717, 1.165) is 5.56 Å². The van der Waals surface area contributed by atoms with Gasteiger partial charge in [-0.1, -0.05) is 0 Å². The molecule has 0 N–H and O–H groups in total. The number of halogens is 5. The number of rotatable bonds is 2. The van der Waals surface area contributed by atoms with Crippen molar-refractivity contribution in [1.82, 2.24) is 0 Å². The number of hydrogen-bond acceptors (Lipinski definition) is 0. The Hall–Kier alpha value is -0.310. The van der Waals surface area contributed by atoms with Crippen LogP contribution >= 0.6 is 22.6 Å². The van der Waals surface area contributed by atoms with Crippen molar-refractivity contribution in [3.8, 4) is 0 Å². The van der Waals surface area contributed by atoms with Crippen molar-refractivity contribution < 1.29 is 34.4 Å². The number of benzene rings is 2. The van der Waals surface area contributed by atoms with Gasteiger partial charge in [0.05, 0.1) is 0 Å². The van der Waals surface area contributed by atoms with E-state index >= 15 is 0 Å². The van der Waals surface area contributed by atoms with Gasteiger partial charge in [-0.05, 0) is 0 Å². The van der Waals surface area contributed by atoms with E-state index in [1.54, 1.807) is 41.6 Å². The van der Waals surface area contributed by atoms with Crippen molar-refractivity contribution in [3.05, 3.63) is 64.1 Å². The Balaban J connectivity index is 2.34. The minimum absolute atomic E-state index is 0.0234. The van der Waals surface area contributed by atoms with E-state index in [0.29, 0.717) is 7.14 Å². The van der Waals surface area contributed by atoms with Crippen LogP contribution in [0.25, 0.3) is 0 Å². The molecule has 0 saturated carbocycles. The van der Waals surface area contributed by atoms with Crippen LogP contribution in [0.2, 0.25) is 0 Å². The first kappa shape index (κ1) is 14.1. The summed E-state index contributed by atoms with van der Waals surface area (Å²) in [7, 11) is 0. The molecule has 0 fully saturated rings. The van der Waals surface area contributed by atoms with Crippen LogP contribution in [0.1, 0.15) is 5.56 Å². The van der Waals surface area contributed by atoms with Crippen molar-refractivity contribution >= 4 is 22.6 Å². The molecule has 0 radical (unpaired) electrons. The van der Waals surface area contributed by atoms with Crippen LogP contribution in [0.15, 0.2) is 30.3 Å². The van der Waals surface area contributed by atoms with E-state index in [1.165, 1.54) is 18.2 Å². The predicted molar refractivity (Wildman–Crippen MR) is 67.6 cm³/mol. The molecule has 0 spiro atoms. The molecule has 0 aliphatic carbocycles. The molecule has 0 aromatic heterocycles. The maximum atomic E-state index is 13.7. The SMILES string of the molecule is Cc1ccc([I-]c2cc(F)c(I)c(F)c2)c(F)c1. The molecule has 96 valence electrons. The summed E-state index contributed by atoms with van der Waals surface area (Å²) in [5.74, 6) is -1.47. The molecule has 0 bridgehead atoms. The first-order valence-electron chi connectivity index (χ1n) is 5.03. The van der Waals surface area contributed by atoms with E-state index in [-0.39, 0.29) is 9.39 Å². The molecule has 5 heteroatoms. The molecule has 2 aromatic carbocycles. The second-order valence-electron chi connectivity index (χ2n) is 3.70. The summed E-state index contributed by atoms with van der Waals surface area (Å²) in [5, 5.41) is 0. The van der Waals surface area contributed by atoms with Crippen LogP contribution < -0.4 is 21.2 Å².